The topological polar surface area (TPSA) is 89.1 Å². The Kier molecular flexibility index (Phi) is 3.53. The van der Waals surface area contributed by atoms with E-state index >= 15 is 0 Å². The second kappa shape index (κ2) is 5.91. The quantitative estimate of drug-likeness (QED) is 0.770. The van der Waals surface area contributed by atoms with E-state index in [2.05, 4.69) is 32.2 Å². The van der Waals surface area contributed by atoms with Crippen molar-refractivity contribution in [3.05, 3.63) is 36.9 Å². The Bertz CT molecular complexity index is 940. The van der Waals surface area contributed by atoms with E-state index in [1.54, 1.807) is 29.5 Å². The average Bonchev–Trinajstić information content (AvgIpc) is 3.33. The normalized spacial score (nSPS) is 27.7. The zero-order valence-corrected chi connectivity index (χ0v) is 14.5. The number of hydrogen-bond donors (Lipinski definition) is 1. The highest BCUT2D eigenvalue weighted by molar-refractivity contribution is 5.97. The minimum atomic E-state index is -0.136. The predicted octanol–water partition coefficient (Wildman–Crippen LogP) is 1.62. The Labute approximate surface area is 150 Å². The zero-order chi connectivity index (χ0) is 17.7. The summed E-state index contributed by atoms with van der Waals surface area (Å²) in [6.45, 7) is 4.48. The highest BCUT2D eigenvalue weighted by atomic mass is 16.3. The molecule has 26 heavy (non-hydrogen) atoms. The van der Waals surface area contributed by atoms with Gasteiger partial charge < -0.3 is 9.73 Å². The predicted molar refractivity (Wildman–Crippen MR) is 93.9 cm³/mol. The summed E-state index contributed by atoms with van der Waals surface area (Å²) in [5, 5.41) is 8.14. The van der Waals surface area contributed by atoms with Gasteiger partial charge in [0.2, 0.25) is 0 Å². The minimum Gasteiger partial charge on any atom is -0.460 e. The fourth-order valence-electron chi connectivity index (χ4n) is 4.32. The molecule has 2 atom stereocenters. The molecule has 8 heteroatoms. The third-order valence-electron chi connectivity index (χ3n) is 5.81. The zero-order valence-electron chi connectivity index (χ0n) is 14.5. The molecule has 3 aromatic heterocycles. The molecule has 3 fully saturated rings. The van der Waals surface area contributed by atoms with Crippen molar-refractivity contribution in [1.29, 1.82) is 0 Å². The summed E-state index contributed by atoms with van der Waals surface area (Å²) in [5.41, 5.74) is 1.75. The van der Waals surface area contributed by atoms with Gasteiger partial charge in [-0.15, -0.1) is 0 Å². The first kappa shape index (κ1) is 15.5. The van der Waals surface area contributed by atoms with Crippen molar-refractivity contribution in [3.8, 4) is 5.69 Å². The van der Waals surface area contributed by atoms with Gasteiger partial charge in [0.15, 0.2) is 5.58 Å². The van der Waals surface area contributed by atoms with Gasteiger partial charge in [0, 0.05) is 12.1 Å². The summed E-state index contributed by atoms with van der Waals surface area (Å²) in [4.78, 5) is 23.5. The van der Waals surface area contributed by atoms with Crippen LogP contribution in [0.5, 0.6) is 0 Å². The van der Waals surface area contributed by atoms with Crippen molar-refractivity contribution in [1.82, 2.24) is 30.0 Å². The van der Waals surface area contributed by atoms with E-state index in [1.807, 2.05) is 0 Å². The molecule has 0 unspecified atom stereocenters. The number of aromatic nitrogens is 4. The van der Waals surface area contributed by atoms with Crippen molar-refractivity contribution in [2.45, 2.75) is 31.8 Å². The molecule has 3 aliphatic heterocycles. The van der Waals surface area contributed by atoms with Crippen LogP contribution in [-0.2, 0) is 0 Å². The molecule has 3 aromatic rings. The van der Waals surface area contributed by atoms with Gasteiger partial charge in [-0.25, -0.2) is 14.6 Å². The molecule has 0 spiro atoms. The lowest BCUT2D eigenvalue weighted by Crippen LogP contribution is -2.62. The Morgan fingerprint density at radius 1 is 1.35 bits per heavy atom. The Hall–Kier alpha value is -2.74. The van der Waals surface area contributed by atoms with Crippen LogP contribution in [0.4, 0.5) is 0 Å². The van der Waals surface area contributed by atoms with Crippen LogP contribution in [0.3, 0.4) is 0 Å². The lowest BCUT2D eigenvalue weighted by molar-refractivity contribution is 0.0216. The van der Waals surface area contributed by atoms with E-state index in [0.717, 1.165) is 37.0 Å². The lowest BCUT2D eigenvalue weighted by atomic mass is 9.79. The van der Waals surface area contributed by atoms with Gasteiger partial charge in [0.25, 0.3) is 5.91 Å². The van der Waals surface area contributed by atoms with Crippen molar-refractivity contribution < 1.29 is 9.21 Å². The SMILES string of the molecule is C[C@H]1[C@H](NC(=O)c2cc3c(-n4cncn4)coc3cn2)C2CCN1CC2. The summed E-state index contributed by atoms with van der Waals surface area (Å²) in [6, 6.07) is 2.31. The van der Waals surface area contributed by atoms with E-state index in [4.69, 9.17) is 4.42 Å². The third-order valence-corrected chi connectivity index (χ3v) is 5.81. The fourth-order valence-corrected chi connectivity index (χ4v) is 4.32. The molecular formula is C18H20N6O2. The summed E-state index contributed by atoms with van der Waals surface area (Å²) in [5.74, 6) is 0.422. The molecule has 134 valence electrons. The molecule has 0 aliphatic carbocycles. The van der Waals surface area contributed by atoms with Crippen LogP contribution < -0.4 is 5.32 Å². The lowest BCUT2D eigenvalue weighted by Gasteiger charge is -2.49. The molecule has 0 saturated carbocycles. The number of fused-ring (bicyclic) bond motifs is 4. The first-order valence-electron chi connectivity index (χ1n) is 8.98. The maximum atomic E-state index is 12.8. The Morgan fingerprint density at radius 3 is 2.92 bits per heavy atom. The number of carbonyl (C=O) groups excluding carboxylic acids is 1. The van der Waals surface area contributed by atoms with E-state index < -0.39 is 0 Å². The second-order valence-corrected chi connectivity index (χ2v) is 7.14. The molecular weight excluding hydrogens is 332 g/mol. The van der Waals surface area contributed by atoms with Gasteiger partial charge in [-0.3, -0.25) is 9.69 Å². The van der Waals surface area contributed by atoms with Crippen LogP contribution in [0, 0.1) is 5.92 Å². The monoisotopic (exact) mass is 352 g/mol. The van der Waals surface area contributed by atoms with Gasteiger partial charge in [-0.2, -0.15) is 5.10 Å². The minimum absolute atomic E-state index is 0.136. The van der Waals surface area contributed by atoms with Crippen molar-refractivity contribution >= 4 is 16.9 Å². The summed E-state index contributed by atoms with van der Waals surface area (Å²) in [6.07, 6.45) is 8.55. The summed E-state index contributed by atoms with van der Waals surface area (Å²) in [7, 11) is 0. The van der Waals surface area contributed by atoms with E-state index in [9.17, 15) is 4.79 Å². The highest BCUT2D eigenvalue weighted by Gasteiger charge is 2.40. The molecule has 1 N–H and O–H groups in total. The van der Waals surface area contributed by atoms with Crippen LogP contribution >= 0.6 is 0 Å². The number of pyridine rings is 1. The maximum Gasteiger partial charge on any atom is 0.270 e. The number of nitrogens with zero attached hydrogens (tertiary/aromatic N) is 5. The Balaban J connectivity index is 1.43. The molecule has 2 bridgehead atoms. The number of furan rings is 1. The van der Waals surface area contributed by atoms with E-state index in [-0.39, 0.29) is 11.9 Å². The number of carbonyl (C=O) groups is 1. The second-order valence-electron chi connectivity index (χ2n) is 7.14. The molecule has 3 saturated heterocycles. The number of nitrogens with one attached hydrogen (secondary N) is 1. The summed E-state index contributed by atoms with van der Waals surface area (Å²) < 4.78 is 7.14. The van der Waals surface area contributed by atoms with Gasteiger partial charge >= 0.3 is 0 Å². The molecule has 1 amide bonds. The van der Waals surface area contributed by atoms with Crippen LogP contribution in [0.2, 0.25) is 0 Å². The van der Waals surface area contributed by atoms with Crippen LogP contribution in [0.1, 0.15) is 30.3 Å². The molecule has 3 aliphatic rings. The molecule has 0 radical (unpaired) electrons. The van der Waals surface area contributed by atoms with Gasteiger partial charge in [-0.05, 0) is 44.8 Å². The molecule has 0 aromatic carbocycles. The summed E-state index contributed by atoms with van der Waals surface area (Å²) >= 11 is 0. The number of amides is 1. The van der Waals surface area contributed by atoms with Crippen LogP contribution in [0.25, 0.3) is 16.7 Å². The smallest absolute Gasteiger partial charge is 0.270 e. The van der Waals surface area contributed by atoms with Gasteiger partial charge in [-0.1, -0.05) is 0 Å². The maximum absolute atomic E-state index is 12.8. The van der Waals surface area contributed by atoms with E-state index in [1.165, 1.54) is 6.33 Å². The average molecular weight is 352 g/mol. The van der Waals surface area contributed by atoms with Crippen molar-refractivity contribution in [2.24, 2.45) is 5.92 Å². The van der Waals surface area contributed by atoms with Crippen LogP contribution in [0.15, 0.2) is 35.6 Å². The van der Waals surface area contributed by atoms with Crippen molar-refractivity contribution in [3.63, 3.8) is 0 Å². The fraction of sp³-hybridized carbons (Fsp3) is 0.444. The third kappa shape index (κ3) is 2.40. The molecule has 6 heterocycles. The molecule has 8 nitrogen and oxygen atoms in total. The first-order chi connectivity index (χ1) is 12.7. The standard InChI is InChI=1S/C18H20N6O2/c1-11-17(12-2-4-23(11)5-3-12)22-18(25)14-6-13-15(24-10-19-9-21-24)8-26-16(13)7-20-14/h6-12,17H,2-5H2,1H3,(H,22,25)/t11-,17-/m0/s1. The molecule has 6 rings (SSSR count). The highest BCUT2D eigenvalue weighted by Crippen LogP contribution is 2.32. The Morgan fingerprint density at radius 2 is 2.19 bits per heavy atom. The van der Waals surface area contributed by atoms with Crippen LogP contribution in [-0.4, -0.2) is 55.7 Å². The number of hydrogen-bond acceptors (Lipinski definition) is 6. The van der Waals surface area contributed by atoms with Gasteiger partial charge in [0.05, 0.1) is 11.6 Å². The first-order valence-corrected chi connectivity index (χ1v) is 8.98. The largest absolute Gasteiger partial charge is 0.460 e. The van der Waals surface area contributed by atoms with Gasteiger partial charge in [0.1, 0.15) is 30.3 Å². The van der Waals surface area contributed by atoms with E-state index in [0.29, 0.717) is 23.2 Å². The number of piperidine rings is 3. The number of rotatable bonds is 3. The van der Waals surface area contributed by atoms with Crippen molar-refractivity contribution in [2.75, 3.05) is 13.1 Å².